The highest BCUT2D eigenvalue weighted by Gasteiger charge is 2.36. The van der Waals surface area contributed by atoms with Crippen LogP contribution in [-0.4, -0.2) is 47.7 Å². The number of carbonyl (C=O) groups excluding carboxylic acids is 3. The fourth-order valence-electron chi connectivity index (χ4n) is 3.43. The number of para-hydroxylation sites is 1. The molecule has 148 valence electrons. The van der Waals surface area contributed by atoms with E-state index in [1.165, 1.54) is 4.90 Å². The molecule has 7 heteroatoms. The summed E-state index contributed by atoms with van der Waals surface area (Å²) in [6.45, 7) is 2.66. The van der Waals surface area contributed by atoms with Gasteiger partial charge in [-0.15, -0.1) is 0 Å². The molecule has 0 spiro atoms. The Hall–Kier alpha value is -3.09. The number of amides is 3. The van der Waals surface area contributed by atoms with Crippen LogP contribution in [-0.2, 0) is 27.3 Å². The number of aryl methyl sites for hydroxylation is 1. The van der Waals surface area contributed by atoms with E-state index in [4.69, 9.17) is 4.42 Å². The molecule has 3 rings (SSSR count). The summed E-state index contributed by atoms with van der Waals surface area (Å²) in [4.78, 5) is 40.3. The van der Waals surface area contributed by atoms with Crippen LogP contribution in [0.3, 0.4) is 0 Å². The molecule has 1 unspecified atom stereocenters. The van der Waals surface area contributed by atoms with Gasteiger partial charge in [0.15, 0.2) is 0 Å². The molecule has 28 heavy (non-hydrogen) atoms. The second-order valence-electron chi connectivity index (χ2n) is 7.01. The number of likely N-dealkylation sites (N-methyl/N-ethyl adjacent to an activating group) is 1. The molecular weight excluding hydrogens is 358 g/mol. The van der Waals surface area contributed by atoms with Gasteiger partial charge in [0.05, 0.1) is 25.3 Å². The van der Waals surface area contributed by atoms with Crippen LogP contribution in [0.5, 0.6) is 0 Å². The molecule has 1 aromatic carbocycles. The van der Waals surface area contributed by atoms with Crippen LogP contribution in [0.25, 0.3) is 0 Å². The van der Waals surface area contributed by atoms with Gasteiger partial charge in [0.2, 0.25) is 17.7 Å². The molecule has 0 radical (unpaired) electrons. The molecule has 0 saturated carbocycles. The van der Waals surface area contributed by atoms with E-state index in [1.54, 1.807) is 30.3 Å². The van der Waals surface area contributed by atoms with Crippen molar-refractivity contribution in [2.75, 3.05) is 25.5 Å². The van der Waals surface area contributed by atoms with Crippen LogP contribution < -0.4 is 5.32 Å². The van der Waals surface area contributed by atoms with E-state index < -0.39 is 5.92 Å². The summed E-state index contributed by atoms with van der Waals surface area (Å²) < 4.78 is 5.27. The highest BCUT2D eigenvalue weighted by atomic mass is 16.3. The van der Waals surface area contributed by atoms with Crippen LogP contribution >= 0.6 is 0 Å². The van der Waals surface area contributed by atoms with Crippen molar-refractivity contribution in [2.45, 2.75) is 26.3 Å². The first kappa shape index (κ1) is 19.7. The third-order valence-corrected chi connectivity index (χ3v) is 4.92. The van der Waals surface area contributed by atoms with Crippen LogP contribution in [0.15, 0.2) is 47.1 Å². The smallest absolute Gasteiger partial charge is 0.243 e. The largest absolute Gasteiger partial charge is 0.467 e. The predicted octanol–water partition coefficient (Wildman–Crippen LogP) is 2.29. The lowest BCUT2D eigenvalue weighted by molar-refractivity contribution is -0.137. The monoisotopic (exact) mass is 383 g/mol. The van der Waals surface area contributed by atoms with Crippen molar-refractivity contribution >= 4 is 23.4 Å². The van der Waals surface area contributed by atoms with Crippen LogP contribution in [0, 0.1) is 5.92 Å². The number of nitrogens with one attached hydrogen (secondary N) is 1. The third kappa shape index (κ3) is 4.60. The van der Waals surface area contributed by atoms with E-state index in [-0.39, 0.29) is 30.7 Å². The molecule has 1 atom stereocenters. The van der Waals surface area contributed by atoms with Crippen molar-refractivity contribution in [3.05, 3.63) is 54.0 Å². The number of hydrogen-bond donors (Lipinski definition) is 1. The van der Waals surface area contributed by atoms with Gasteiger partial charge in [-0.1, -0.05) is 25.1 Å². The molecule has 1 aromatic heterocycles. The zero-order valence-corrected chi connectivity index (χ0v) is 16.2. The average Bonchev–Trinajstić information content (AvgIpc) is 3.32. The fourth-order valence-corrected chi connectivity index (χ4v) is 3.43. The Morgan fingerprint density at radius 1 is 1.25 bits per heavy atom. The quantitative estimate of drug-likeness (QED) is 0.795. The summed E-state index contributed by atoms with van der Waals surface area (Å²) in [5.74, 6) is -0.292. The first-order chi connectivity index (χ1) is 13.5. The van der Waals surface area contributed by atoms with Crippen molar-refractivity contribution < 1.29 is 18.8 Å². The molecule has 2 aromatic rings. The number of anilines is 1. The van der Waals surface area contributed by atoms with E-state index >= 15 is 0 Å². The summed E-state index contributed by atoms with van der Waals surface area (Å²) in [6, 6.07) is 11.2. The first-order valence-corrected chi connectivity index (χ1v) is 9.40. The first-order valence-electron chi connectivity index (χ1n) is 9.40. The molecule has 1 N–H and O–H groups in total. The van der Waals surface area contributed by atoms with Crippen molar-refractivity contribution in [1.82, 2.24) is 9.80 Å². The number of benzene rings is 1. The van der Waals surface area contributed by atoms with E-state index in [0.29, 0.717) is 18.8 Å². The Bertz CT molecular complexity index is 847. The number of likely N-dealkylation sites (tertiary alicyclic amines) is 1. The van der Waals surface area contributed by atoms with Gasteiger partial charge in [-0.25, -0.2) is 0 Å². The lowest BCUT2D eigenvalue weighted by Crippen LogP contribution is -2.39. The normalized spacial score (nSPS) is 16.3. The maximum atomic E-state index is 12.7. The second kappa shape index (κ2) is 8.73. The highest BCUT2D eigenvalue weighted by molar-refractivity contribution is 5.96. The second-order valence-corrected chi connectivity index (χ2v) is 7.01. The number of furan rings is 1. The van der Waals surface area contributed by atoms with Crippen molar-refractivity contribution in [3.8, 4) is 0 Å². The zero-order valence-electron chi connectivity index (χ0n) is 16.2. The number of rotatable bonds is 7. The molecule has 1 saturated heterocycles. The topological polar surface area (TPSA) is 82.9 Å². The summed E-state index contributed by atoms with van der Waals surface area (Å²) in [6.07, 6.45) is 2.52. The van der Waals surface area contributed by atoms with Crippen molar-refractivity contribution in [3.63, 3.8) is 0 Å². The average molecular weight is 383 g/mol. The zero-order chi connectivity index (χ0) is 20.1. The third-order valence-electron chi connectivity index (χ3n) is 4.92. The molecule has 1 fully saturated rings. The minimum atomic E-state index is -0.441. The van der Waals surface area contributed by atoms with E-state index in [1.807, 2.05) is 31.2 Å². The minimum Gasteiger partial charge on any atom is -0.467 e. The lowest BCUT2D eigenvalue weighted by Gasteiger charge is -2.21. The summed E-state index contributed by atoms with van der Waals surface area (Å²) in [7, 11) is 1.59. The number of carbonyl (C=O) groups is 3. The molecule has 0 aliphatic carbocycles. The minimum absolute atomic E-state index is 0.0558. The van der Waals surface area contributed by atoms with Gasteiger partial charge in [-0.3, -0.25) is 14.4 Å². The maximum absolute atomic E-state index is 12.7. The predicted molar refractivity (Wildman–Crippen MR) is 104 cm³/mol. The molecule has 1 aliphatic heterocycles. The molecule has 2 heterocycles. The maximum Gasteiger partial charge on any atom is 0.243 e. The number of nitrogens with zero attached hydrogens (tertiary/aromatic N) is 2. The van der Waals surface area contributed by atoms with Gasteiger partial charge >= 0.3 is 0 Å². The highest BCUT2D eigenvalue weighted by Crippen LogP contribution is 2.22. The Labute approximate surface area is 164 Å². The molecule has 0 bridgehead atoms. The molecule has 1 aliphatic rings. The Balaban J connectivity index is 1.54. The van der Waals surface area contributed by atoms with Crippen molar-refractivity contribution in [1.29, 1.82) is 0 Å². The van der Waals surface area contributed by atoms with E-state index in [2.05, 4.69) is 5.32 Å². The van der Waals surface area contributed by atoms with Crippen molar-refractivity contribution in [2.24, 2.45) is 5.92 Å². The van der Waals surface area contributed by atoms with Crippen LogP contribution in [0.4, 0.5) is 5.69 Å². The fraction of sp³-hybridized carbons (Fsp3) is 0.381. The summed E-state index contributed by atoms with van der Waals surface area (Å²) >= 11 is 0. The van der Waals surface area contributed by atoms with Gasteiger partial charge < -0.3 is 19.5 Å². The Morgan fingerprint density at radius 2 is 2.04 bits per heavy atom. The van der Waals surface area contributed by atoms with E-state index in [0.717, 1.165) is 17.7 Å². The van der Waals surface area contributed by atoms with Gasteiger partial charge in [0.25, 0.3) is 0 Å². The molecular formula is C21H25N3O4. The lowest BCUT2D eigenvalue weighted by atomic mass is 10.1. The van der Waals surface area contributed by atoms with Gasteiger partial charge in [-0.05, 0) is 30.2 Å². The standard InChI is InChI=1S/C21H25N3O4/c1-3-15-7-4-5-9-18(15)22-19(25)14-23(2)21(27)16-11-20(26)24(12-16)13-17-8-6-10-28-17/h4-10,16H,3,11-14H2,1-2H3,(H,22,25). The molecule has 3 amide bonds. The summed E-state index contributed by atoms with van der Waals surface area (Å²) in [5.41, 5.74) is 1.80. The van der Waals surface area contributed by atoms with Crippen LogP contribution in [0.1, 0.15) is 24.7 Å². The van der Waals surface area contributed by atoms with Gasteiger partial charge in [0, 0.05) is 25.7 Å². The van der Waals surface area contributed by atoms with Gasteiger partial charge in [-0.2, -0.15) is 0 Å². The van der Waals surface area contributed by atoms with E-state index in [9.17, 15) is 14.4 Å². The molecule has 7 nitrogen and oxygen atoms in total. The summed E-state index contributed by atoms with van der Waals surface area (Å²) in [5, 5.41) is 2.86. The Morgan fingerprint density at radius 3 is 2.75 bits per heavy atom. The number of hydrogen-bond acceptors (Lipinski definition) is 4. The van der Waals surface area contributed by atoms with Crippen LogP contribution in [0.2, 0.25) is 0 Å². The SMILES string of the molecule is CCc1ccccc1NC(=O)CN(C)C(=O)C1CC(=O)N(Cc2ccco2)C1. The van der Waals surface area contributed by atoms with Gasteiger partial charge in [0.1, 0.15) is 5.76 Å². The Kier molecular flexibility index (Phi) is 6.13.